The van der Waals surface area contributed by atoms with E-state index in [1.54, 1.807) is 24.0 Å². The average Bonchev–Trinajstić information content (AvgIpc) is 3.07. The van der Waals surface area contributed by atoms with E-state index in [4.69, 9.17) is 4.74 Å². The van der Waals surface area contributed by atoms with Gasteiger partial charge in [0.25, 0.3) is 0 Å². The van der Waals surface area contributed by atoms with Crippen molar-refractivity contribution in [3.05, 3.63) is 59.9 Å². The normalized spacial score (nSPS) is 11.3. The quantitative estimate of drug-likeness (QED) is 0.641. The topological polar surface area (TPSA) is 66.2 Å². The van der Waals surface area contributed by atoms with Crippen LogP contribution < -0.4 is 4.74 Å². The minimum absolute atomic E-state index is 0.0536. The number of alkyl halides is 3. The van der Waals surface area contributed by atoms with Crippen LogP contribution in [0.15, 0.2) is 48.7 Å². The van der Waals surface area contributed by atoms with E-state index >= 15 is 0 Å². The Morgan fingerprint density at radius 2 is 1.78 bits per heavy atom. The lowest BCUT2D eigenvalue weighted by Gasteiger charge is -2.12. The van der Waals surface area contributed by atoms with E-state index < -0.39 is 17.7 Å². The highest BCUT2D eigenvalue weighted by Gasteiger charge is 2.30. The highest BCUT2D eigenvalue weighted by Crippen LogP contribution is 2.34. The maximum atomic E-state index is 12.7. The standard InChI is InChI=1S/C18H14F3N3O3/c1-24-10-9-13(23-24)16-15(8-7-14(22-16)17(25)26-2)27-12-5-3-11(4-6-12)18(19,20)21/h3-10H,1-2H3. The Morgan fingerprint density at radius 3 is 2.33 bits per heavy atom. The van der Waals surface area contributed by atoms with Crippen LogP contribution in [0.2, 0.25) is 0 Å². The second kappa shape index (κ2) is 7.10. The number of nitrogens with zero attached hydrogens (tertiary/aromatic N) is 3. The summed E-state index contributed by atoms with van der Waals surface area (Å²) in [7, 11) is 2.95. The van der Waals surface area contributed by atoms with E-state index in [1.807, 2.05) is 0 Å². The number of halogens is 3. The van der Waals surface area contributed by atoms with Crippen LogP contribution in [0, 0.1) is 0 Å². The predicted octanol–water partition coefficient (Wildman–Crippen LogP) is 4.08. The van der Waals surface area contributed by atoms with E-state index in [0.717, 1.165) is 12.1 Å². The zero-order valence-corrected chi connectivity index (χ0v) is 14.3. The van der Waals surface area contributed by atoms with Gasteiger partial charge in [0.1, 0.15) is 22.8 Å². The molecule has 0 unspecified atom stereocenters. The Bertz CT molecular complexity index is 966. The molecule has 0 atom stereocenters. The van der Waals surface area contributed by atoms with Gasteiger partial charge in [-0.25, -0.2) is 9.78 Å². The van der Waals surface area contributed by atoms with E-state index in [-0.39, 0.29) is 22.9 Å². The third-order valence-electron chi connectivity index (χ3n) is 3.62. The van der Waals surface area contributed by atoms with Gasteiger partial charge in [0.15, 0.2) is 5.75 Å². The number of benzene rings is 1. The Hall–Kier alpha value is -3.36. The summed E-state index contributed by atoms with van der Waals surface area (Å²) in [6.07, 6.45) is -2.74. The number of pyridine rings is 1. The molecule has 0 aliphatic rings. The SMILES string of the molecule is COC(=O)c1ccc(Oc2ccc(C(F)(F)F)cc2)c(-c2ccn(C)n2)n1. The van der Waals surface area contributed by atoms with Crippen molar-refractivity contribution in [2.75, 3.05) is 7.11 Å². The van der Waals surface area contributed by atoms with Crippen molar-refractivity contribution >= 4 is 5.97 Å². The number of aromatic nitrogens is 3. The van der Waals surface area contributed by atoms with Crippen molar-refractivity contribution < 1.29 is 27.4 Å². The molecule has 0 radical (unpaired) electrons. The molecular weight excluding hydrogens is 363 g/mol. The monoisotopic (exact) mass is 377 g/mol. The molecule has 0 bridgehead atoms. The van der Waals surface area contributed by atoms with Crippen molar-refractivity contribution in [3.8, 4) is 22.9 Å². The van der Waals surface area contributed by atoms with Crippen LogP contribution in [-0.2, 0) is 18.0 Å². The predicted molar refractivity (Wildman–Crippen MR) is 89.3 cm³/mol. The molecule has 2 aromatic heterocycles. The smallest absolute Gasteiger partial charge is 0.416 e. The highest BCUT2D eigenvalue weighted by atomic mass is 19.4. The summed E-state index contributed by atoms with van der Waals surface area (Å²) in [5, 5.41) is 4.23. The molecule has 2 heterocycles. The first-order valence-corrected chi connectivity index (χ1v) is 7.72. The first-order chi connectivity index (χ1) is 12.8. The Balaban J connectivity index is 1.98. The van der Waals surface area contributed by atoms with Crippen molar-refractivity contribution in [2.45, 2.75) is 6.18 Å². The largest absolute Gasteiger partial charge is 0.464 e. The van der Waals surface area contributed by atoms with Crippen LogP contribution in [0.25, 0.3) is 11.4 Å². The van der Waals surface area contributed by atoms with Gasteiger partial charge in [0.2, 0.25) is 0 Å². The molecule has 0 N–H and O–H groups in total. The third kappa shape index (κ3) is 4.08. The number of carbonyl (C=O) groups is 1. The summed E-state index contributed by atoms with van der Waals surface area (Å²) in [5.74, 6) is -0.206. The van der Waals surface area contributed by atoms with Crippen molar-refractivity contribution in [2.24, 2.45) is 7.05 Å². The van der Waals surface area contributed by atoms with Crippen molar-refractivity contribution in [1.29, 1.82) is 0 Å². The molecule has 0 saturated carbocycles. The van der Waals surface area contributed by atoms with Gasteiger partial charge in [0, 0.05) is 13.2 Å². The molecule has 3 rings (SSSR count). The highest BCUT2D eigenvalue weighted by molar-refractivity contribution is 5.88. The van der Waals surface area contributed by atoms with Gasteiger partial charge in [-0.15, -0.1) is 0 Å². The Labute approximate surface area is 152 Å². The molecule has 6 nitrogen and oxygen atoms in total. The Morgan fingerprint density at radius 1 is 1.07 bits per heavy atom. The fourth-order valence-electron chi connectivity index (χ4n) is 2.31. The van der Waals surface area contributed by atoms with Gasteiger partial charge >= 0.3 is 12.1 Å². The summed E-state index contributed by atoms with van der Waals surface area (Å²) in [6, 6.07) is 8.82. The van der Waals surface area contributed by atoms with Gasteiger partial charge in [-0.3, -0.25) is 4.68 Å². The zero-order valence-electron chi connectivity index (χ0n) is 14.3. The van der Waals surface area contributed by atoms with Crippen LogP contribution in [-0.4, -0.2) is 27.8 Å². The minimum Gasteiger partial charge on any atom is -0.464 e. The van der Waals surface area contributed by atoms with E-state index in [1.165, 1.54) is 31.4 Å². The van der Waals surface area contributed by atoms with Gasteiger partial charge in [-0.1, -0.05) is 0 Å². The molecule has 0 fully saturated rings. The minimum atomic E-state index is -4.43. The molecule has 27 heavy (non-hydrogen) atoms. The number of esters is 1. The number of hydrogen-bond donors (Lipinski definition) is 0. The summed E-state index contributed by atoms with van der Waals surface area (Å²) < 4.78 is 49.9. The van der Waals surface area contributed by atoms with E-state index in [9.17, 15) is 18.0 Å². The molecule has 0 amide bonds. The second-order valence-electron chi connectivity index (χ2n) is 5.53. The number of rotatable bonds is 4. The molecule has 9 heteroatoms. The van der Waals surface area contributed by atoms with E-state index in [0.29, 0.717) is 5.69 Å². The number of aryl methyl sites for hydroxylation is 1. The molecule has 1 aromatic carbocycles. The van der Waals surface area contributed by atoms with Crippen LogP contribution in [0.1, 0.15) is 16.1 Å². The average molecular weight is 377 g/mol. The fourth-order valence-corrected chi connectivity index (χ4v) is 2.31. The maximum absolute atomic E-state index is 12.7. The van der Waals surface area contributed by atoms with Gasteiger partial charge in [-0.2, -0.15) is 18.3 Å². The summed E-state index contributed by atoms with van der Waals surface area (Å²) in [5.41, 5.74) is -0.0274. The van der Waals surface area contributed by atoms with Crippen molar-refractivity contribution in [1.82, 2.24) is 14.8 Å². The molecule has 0 spiro atoms. The Kier molecular flexibility index (Phi) is 4.85. The molecule has 0 aliphatic carbocycles. The van der Waals surface area contributed by atoms with E-state index in [2.05, 4.69) is 14.8 Å². The molecular formula is C18H14F3N3O3. The third-order valence-corrected chi connectivity index (χ3v) is 3.62. The number of methoxy groups -OCH3 is 1. The lowest BCUT2D eigenvalue weighted by molar-refractivity contribution is -0.137. The van der Waals surface area contributed by atoms with Crippen LogP contribution >= 0.6 is 0 Å². The lowest BCUT2D eigenvalue weighted by atomic mass is 10.2. The zero-order chi connectivity index (χ0) is 19.6. The summed E-state index contributed by atoms with van der Waals surface area (Å²) >= 11 is 0. The lowest BCUT2D eigenvalue weighted by Crippen LogP contribution is -2.06. The van der Waals surface area contributed by atoms with Crippen LogP contribution in [0.4, 0.5) is 13.2 Å². The first kappa shape index (κ1) is 18.4. The van der Waals surface area contributed by atoms with Crippen molar-refractivity contribution in [3.63, 3.8) is 0 Å². The van der Waals surface area contributed by atoms with Crippen LogP contribution in [0.3, 0.4) is 0 Å². The van der Waals surface area contributed by atoms with Crippen LogP contribution in [0.5, 0.6) is 11.5 Å². The van der Waals surface area contributed by atoms with Gasteiger partial charge in [-0.05, 0) is 42.5 Å². The van der Waals surface area contributed by atoms with Gasteiger partial charge < -0.3 is 9.47 Å². The molecule has 3 aromatic rings. The maximum Gasteiger partial charge on any atom is 0.416 e. The first-order valence-electron chi connectivity index (χ1n) is 7.72. The van der Waals surface area contributed by atoms with Gasteiger partial charge in [0.05, 0.1) is 12.7 Å². The second-order valence-corrected chi connectivity index (χ2v) is 5.53. The molecule has 0 saturated heterocycles. The summed E-state index contributed by atoms with van der Waals surface area (Å²) in [4.78, 5) is 16.0. The summed E-state index contributed by atoms with van der Waals surface area (Å²) in [6.45, 7) is 0. The number of ether oxygens (including phenoxy) is 2. The molecule has 0 aliphatic heterocycles. The molecule has 140 valence electrons. The fraction of sp³-hybridized carbons (Fsp3) is 0.167. The number of carbonyl (C=O) groups excluding carboxylic acids is 1. The number of hydrogen-bond acceptors (Lipinski definition) is 5.